The number of rotatable bonds is 2. The highest BCUT2D eigenvalue weighted by Gasteiger charge is 2.20. The van der Waals surface area contributed by atoms with Gasteiger partial charge in [0, 0.05) is 37.7 Å². The number of fused-ring (bicyclic) bond motifs is 1. The molecule has 4 nitrogen and oxygen atoms in total. The van der Waals surface area contributed by atoms with Crippen LogP contribution in [0.1, 0.15) is 12.1 Å². The third-order valence-corrected chi connectivity index (χ3v) is 3.15. The summed E-state index contributed by atoms with van der Waals surface area (Å²) in [6, 6.07) is 6.14. The molecule has 0 unspecified atom stereocenters. The maximum atomic E-state index is 9.49. The number of pyridine rings is 1. The molecule has 2 aromatic rings. The molecule has 2 aromatic heterocycles. The van der Waals surface area contributed by atoms with Crippen molar-refractivity contribution in [2.24, 2.45) is 0 Å². The van der Waals surface area contributed by atoms with E-state index in [9.17, 15) is 5.11 Å². The third kappa shape index (κ3) is 1.70. The van der Waals surface area contributed by atoms with Crippen molar-refractivity contribution in [2.45, 2.75) is 19.1 Å². The molecule has 0 bridgehead atoms. The molecular formula is C12H15N3O. The number of hydrogen-bond donors (Lipinski definition) is 1. The first-order chi connectivity index (χ1) is 7.83. The molecule has 16 heavy (non-hydrogen) atoms. The van der Waals surface area contributed by atoms with E-state index < -0.39 is 0 Å². The minimum Gasteiger partial charge on any atom is -0.392 e. The van der Waals surface area contributed by atoms with Gasteiger partial charge in [0.05, 0.1) is 6.10 Å². The van der Waals surface area contributed by atoms with Crippen molar-refractivity contribution in [3.63, 3.8) is 0 Å². The molecule has 0 radical (unpaired) electrons. The summed E-state index contributed by atoms with van der Waals surface area (Å²) >= 11 is 0. The van der Waals surface area contributed by atoms with Gasteiger partial charge in [-0.3, -0.25) is 4.90 Å². The van der Waals surface area contributed by atoms with E-state index in [-0.39, 0.29) is 6.10 Å². The van der Waals surface area contributed by atoms with Gasteiger partial charge in [-0.25, -0.2) is 4.98 Å². The summed E-state index contributed by atoms with van der Waals surface area (Å²) < 4.78 is 2.10. The lowest BCUT2D eigenvalue weighted by atomic mass is 10.3. The summed E-state index contributed by atoms with van der Waals surface area (Å²) in [6.07, 6.45) is 4.54. The predicted octanol–water partition coefficient (Wildman–Crippen LogP) is 0.901. The maximum Gasteiger partial charge on any atom is 0.136 e. The minimum absolute atomic E-state index is 0.151. The maximum absolute atomic E-state index is 9.49. The first kappa shape index (κ1) is 9.81. The van der Waals surface area contributed by atoms with E-state index in [1.807, 2.05) is 24.5 Å². The number of aromatic nitrogens is 2. The lowest BCUT2D eigenvalue weighted by Gasteiger charge is -2.15. The van der Waals surface area contributed by atoms with Crippen LogP contribution in [0.5, 0.6) is 0 Å². The number of imidazole rings is 1. The van der Waals surface area contributed by atoms with Gasteiger partial charge in [-0.1, -0.05) is 6.07 Å². The quantitative estimate of drug-likeness (QED) is 0.812. The first-order valence-electron chi connectivity index (χ1n) is 5.64. The predicted molar refractivity (Wildman–Crippen MR) is 61.1 cm³/mol. The molecular weight excluding hydrogens is 202 g/mol. The van der Waals surface area contributed by atoms with Crippen molar-refractivity contribution in [1.82, 2.24) is 14.3 Å². The molecule has 3 rings (SSSR count). The van der Waals surface area contributed by atoms with Crippen molar-refractivity contribution in [2.75, 3.05) is 13.1 Å². The molecule has 0 aliphatic carbocycles. The van der Waals surface area contributed by atoms with Gasteiger partial charge in [-0.2, -0.15) is 0 Å². The minimum atomic E-state index is -0.151. The Labute approximate surface area is 94.1 Å². The van der Waals surface area contributed by atoms with Crippen molar-refractivity contribution in [3.05, 3.63) is 36.3 Å². The number of β-amino-alcohol motifs (C(OH)–C–C–N with tert-alkyl or cyclic N) is 1. The van der Waals surface area contributed by atoms with Crippen molar-refractivity contribution < 1.29 is 5.11 Å². The lowest BCUT2D eigenvalue weighted by Crippen LogP contribution is -2.22. The van der Waals surface area contributed by atoms with Crippen LogP contribution in [-0.2, 0) is 6.54 Å². The average molecular weight is 217 g/mol. The summed E-state index contributed by atoms with van der Waals surface area (Å²) in [7, 11) is 0. The Morgan fingerprint density at radius 2 is 2.38 bits per heavy atom. The number of aliphatic hydroxyl groups excluding tert-OH is 1. The van der Waals surface area contributed by atoms with Gasteiger partial charge in [0.1, 0.15) is 5.65 Å². The first-order valence-corrected chi connectivity index (χ1v) is 5.64. The Bertz CT molecular complexity index is 494. The van der Waals surface area contributed by atoms with Gasteiger partial charge < -0.3 is 9.51 Å². The summed E-state index contributed by atoms with van der Waals surface area (Å²) in [4.78, 5) is 6.54. The van der Waals surface area contributed by atoms with E-state index in [0.29, 0.717) is 0 Å². The van der Waals surface area contributed by atoms with E-state index in [0.717, 1.165) is 31.7 Å². The van der Waals surface area contributed by atoms with E-state index in [1.54, 1.807) is 0 Å². The van der Waals surface area contributed by atoms with Gasteiger partial charge in [0.2, 0.25) is 0 Å². The van der Waals surface area contributed by atoms with Crippen LogP contribution in [0.3, 0.4) is 0 Å². The summed E-state index contributed by atoms with van der Waals surface area (Å²) in [5.74, 6) is 0. The molecule has 0 spiro atoms. The molecule has 3 heterocycles. The Kier molecular flexibility index (Phi) is 2.38. The average Bonchev–Trinajstić information content (AvgIpc) is 2.87. The van der Waals surface area contributed by atoms with Gasteiger partial charge in [0.25, 0.3) is 0 Å². The fourth-order valence-electron chi connectivity index (χ4n) is 2.32. The third-order valence-electron chi connectivity index (χ3n) is 3.15. The van der Waals surface area contributed by atoms with E-state index in [4.69, 9.17) is 0 Å². The molecule has 0 amide bonds. The number of aliphatic hydroxyl groups is 1. The zero-order valence-corrected chi connectivity index (χ0v) is 9.08. The topological polar surface area (TPSA) is 40.8 Å². The standard InChI is InChI=1S/C12H15N3O/c16-11-4-6-14(9-11)8-10-2-1-3-12-13-5-7-15(10)12/h1-3,5,7,11,16H,4,6,8-9H2/t11-/m0/s1. The molecule has 1 fully saturated rings. The summed E-state index contributed by atoms with van der Waals surface area (Å²) in [5.41, 5.74) is 2.21. The van der Waals surface area contributed by atoms with Crippen molar-refractivity contribution >= 4 is 5.65 Å². The zero-order chi connectivity index (χ0) is 11.0. The Balaban J connectivity index is 1.86. The van der Waals surface area contributed by atoms with Crippen LogP contribution < -0.4 is 0 Å². The summed E-state index contributed by atoms with van der Waals surface area (Å²) in [6.45, 7) is 2.64. The Morgan fingerprint density at radius 3 is 3.19 bits per heavy atom. The van der Waals surface area contributed by atoms with Crippen molar-refractivity contribution in [3.8, 4) is 0 Å². The highest BCUT2D eigenvalue weighted by atomic mass is 16.3. The van der Waals surface area contributed by atoms with Gasteiger partial charge in [-0.05, 0) is 18.6 Å². The molecule has 84 valence electrons. The van der Waals surface area contributed by atoms with Crippen LogP contribution in [-0.4, -0.2) is 38.6 Å². The van der Waals surface area contributed by atoms with Crippen molar-refractivity contribution in [1.29, 1.82) is 0 Å². The molecule has 0 aromatic carbocycles. The van der Waals surface area contributed by atoms with Crippen LogP contribution >= 0.6 is 0 Å². The fourth-order valence-corrected chi connectivity index (χ4v) is 2.32. The molecule has 1 N–H and O–H groups in total. The second-order valence-corrected chi connectivity index (χ2v) is 4.35. The normalized spacial score (nSPS) is 21.9. The van der Waals surface area contributed by atoms with E-state index in [1.165, 1.54) is 5.69 Å². The molecule has 1 atom stereocenters. The second-order valence-electron chi connectivity index (χ2n) is 4.35. The Morgan fingerprint density at radius 1 is 1.44 bits per heavy atom. The molecule has 4 heteroatoms. The lowest BCUT2D eigenvalue weighted by molar-refractivity contribution is 0.174. The van der Waals surface area contributed by atoms with Gasteiger partial charge in [0.15, 0.2) is 0 Å². The van der Waals surface area contributed by atoms with Crippen LogP contribution in [0.4, 0.5) is 0 Å². The van der Waals surface area contributed by atoms with Crippen LogP contribution in [0.15, 0.2) is 30.6 Å². The number of likely N-dealkylation sites (tertiary alicyclic amines) is 1. The van der Waals surface area contributed by atoms with Gasteiger partial charge in [-0.15, -0.1) is 0 Å². The van der Waals surface area contributed by atoms with E-state index >= 15 is 0 Å². The second kappa shape index (κ2) is 3.88. The summed E-state index contributed by atoms with van der Waals surface area (Å²) in [5, 5.41) is 9.49. The zero-order valence-electron chi connectivity index (χ0n) is 9.08. The highest BCUT2D eigenvalue weighted by molar-refractivity contribution is 5.39. The smallest absolute Gasteiger partial charge is 0.136 e. The van der Waals surface area contributed by atoms with Gasteiger partial charge >= 0.3 is 0 Å². The number of hydrogen-bond acceptors (Lipinski definition) is 3. The molecule has 1 aliphatic rings. The Hall–Kier alpha value is -1.39. The van der Waals surface area contributed by atoms with Crippen LogP contribution in [0.2, 0.25) is 0 Å². The monoisotopic (exact) mass is 217 g/mol. The molecule has 1 saturated heterocycles. The molecule has 1 aliphatic heterocycles. The highest BCUT2D eigenvalue weighted by Crippen LogP contribution is 2.14. The van der Waals surface area contributed by atoms with E-state index in [2.05, 4.69) is 20.4 Å². The van der Waals surface area contributed by atoms with Crippen LogP contribution in [0.25, 0.3) is 5.65 Å². The molecule has 0 saturated carbocycles. The van der Waals surface area contributed by atoms with Crippen LogP contribution in [0, 0.1) is 0 Å². The fraction of sp³-hybridized carbons (Fsp3) is 0.417. The largest absolute Gasteiger partial charge is 0.392 e. The SMILES string of the molecule is O[C@H]1CCN(Cc2cccc3nccn23)C1. The number of nitrogens with zero attached hydrogens (tertiary/aromatic N) is 3.